The lowest BCUT2D eigenvalue weighted by atomic mass is 10.1. The van der Waals surface area contributed by atoms with E-state index in [1.54, 1.807) is 0 Å². The zero-order chi connectivity index (χ0) is 15.9. The van der Waals surface area contributed by atoms with Crippen LogP contribution in [-0.4, -0.2) is 18.4 Å². The first-order valence-electron chi connectivity index (χ1n) is 7.49. The van der Waals surface area contributed by atoms with E-state index >= 15 is 0 Å². The Morgan fingerprint density at radius 1 is 1.23 bits per heavy atom. The summed E-state index contributed by atoms with van der Waals surface area (Å²) in [4.78, 5) is 23.4. The number of aryl methyl sites for hydroxylation is 2. The molecule has 0 aromatic heterocycles. The van der Waals surface area contributed by atoms with E-state index in [1.165, 1.54) is 0 Å². The van der Waals surface area contributed by atoms with Crippen LogP contribution in [0.1, 0.15) is 30.4 Å². The van der Waals surface area contributed by atoms with Crippen LogP contribution >= 0.6 is 0 Å². The lowest BCUT2D eigenvalue weighted by molar-refractivity contribution is -0.130. The van der Waals surface area contributed by atoms with Crippen LogP contribution in [0.3, 0.4) is 0 Å². The van der Waals surface area contributed by atoms with Crippen LogP contribution in [0.15, 0.2) is 30.4 Å². The highest BCUT2D eigenvalue weighted by Gasteiger charge is 2.14. The Morgan fingerprint density at radius 3 is 2.73 bits per heavy atom. The second-order valence-corrected chi connectivity index (χ2v) is 5.62. The third kappa shape index (κ3) is 4.91. The molecule has 2 N–H and O–H groups in total. The molecule has 1 aliphatic rings. The first-order valence-corrected chi connectivity index (χ1v) is 7.49. The van der Waals surface area contributed by atoms with Crippen LogP contribution in [0, 0.1) is 19.8 Å². The van der Waals surface area contributed by atoms with Crippen molar-refractivity contribution in [1.82, 2.24) is 10.9 Å². The highest BCUT2D eigenvalue weighted by Crippen LogP contribution is 2.20. The van der Waals surface area contributed by atoms with Crippen LogP contribution < -0.4 is 15.6 Å². The molecule has 1 aromatic rings. The molecule has 0 saturated heterocycles. The standard InChI is InChI=1S/C17H22N2O3/c1-12-7-8-13(2)15(9-12)22-11-17(21)19-18-16(20)10-14-5-3-4-6-14/h3,5,7-9,14H,4,6,10-11H2,1-2H3,(H,18,20)(H,19,21). The summed E-state index contributed by atoms with van der Waals surface area (Å²) in [6.45, 7) is 3.75. The van der Waals surface area contributed by atoms with Gasteiger partial charge < -0.3 is 4.74 Å². The van der Waals surface area contributed by atoms with Gasteiger partial charge in [-0.05, 0) is 49.8 Å². The Hall–Kier alpha value is -2.30. The second kappa shape index (κ2) is 7.64. The number of benzene rings is 1. The smallest absolute Gasteiger partial charge is 0.276 e. The van der Waals surface area contributed by atoms with Gasteiger partial charge in [-0.25, -0.2) is 0 Å². The van der Waals surface area contributed by atoms with Gasteiger partial charge in [-0.3, -0.25) is 20.4 Å². The molecule has 1 aliphatic carbocycles. The molecule has 5 nitrogen and oxygen atoms in total. The lowest BCUT2D eigenvalue weighted by Gasteiger charge is -2.12. The number of carbonyl (C=O) groups excluding carboxylic acids is 2. The molecule has 0 fully saturated rings. The molecule has 118 valence electrons. The van der Waals surface area contributed by atoms with Gasteiger partial charge >= 0.3 is 0 Å². The number of hydrazine groups is 1. The molecule has 0 bridgehead atoms. The minimum atomic E-state index is -0.378. The molecular weight excluding hydrogens is 280 g/mol. The van der Waals surface area contributed by atoms with Gasteiger partial charge in [-0.15, -0.1) is 0 Å². The SMILES string of the molecule is Cc1ccc(C)c(OCC(=O)NNC(=O)CC2C=CCC2)c1. The van der Waals surface area contributed by atoms with E-state index in [4.69, 9.17) is 4.74 Å². The molecular formula is C17H22N2O3. The van der Waals surface area contributed by atoms with Gasteiger partial charge in [0.15, 0.2) is 6.61 Å². The minimum absolute atomic E-state index is 0.131. The number of allylic oxidation sites excluding steroid dienone is 2. The van der Waals surface area contributed by atoms with Crippen LogP contribution in [0.25, 0.3) is 0 Å². The molecule has 0 radical (unpaired) electrons. The predicted octanol–water partition coefficient (Wildman–Crippen LogP) is 2.19. The van der Waals surface area contributed by atoms with Crippen molar-refractivity contribution in [3.8, 4) is 5.75 Å². The quantitative estimate of drug-likeness (QED) is 0.647. The van der Waals surface area contributed by atoms with Crippen LogP contribution in [0.5, 0.6) is 5.75 Å². The Bertz CT molecular complexity index is 581. The highest BCUT2D eigenvalue weighted by atomic mass is 16.5. The lowest BCUT2D eigenvalue weighted by Crippen LogP contribution is -2.44. The van der Waals surface area contributed by atoms with Gasteiger partial charge in [0.1, 0.15) is 5.75 Å². The highest BCUT2D eigenvalue weighted by molar-refractivity contribution is 5.82. The van der Waals surface area contributed by atoms with E-state index in [2.05, 4.69) is 16.9 Å². The molecule has 2 amide bonds. The summed E-state index contributed by atoms with van der Waals surface area (Å²) in [7, 11) is 0. The largest absolute Gasteiger partial charge is 0.483 e. The molecule has 1 atom stereocenters. The van der Waals surface area contributed by atoms with Gasteiger partial charge in [-0.2, -0.15) is 0 Å². The molecule has 0 spiro atoms. The maximum absolute atomic E-state index is 11.7. The Balaban J connectivity index is 1.70. The topological polar surface area (TPSA) is 67.4 Å². The average molecular weight is 302 g/mol. The molecule has 1 unspecified atom stereocenters. The number of amides is 2. The van der Waals surface area contributed by atoms with Crippen molar-refractivity contribution < 1.29 is 14.3 Å². The number of rotatable bonds is 5. The number of hydrogen-bond donors (Lipinski definition) is 2. The maximum atomic E-state index is 11.7. The van der Waals surface area contributed by atoms with E-state index in [9.17, 15) is 9.59 Å². The van der Waals surface area contributed by atoms with E-state index in [1.807, 2.05) is 38.1 Å². The van der Waals surface area contributed by atoms with Gasteiger partial charge in [0.05, 0.1) is 0 Å². The molecule has 1 aromatic carbocycles. The third-order valence-corrected chi connectivity index (χ3v) is 3.60. The van der Waals surface area contributed by atoms with Gasteiger partial charge in [0.2, 0.25) is 5.91 Å². The summed E-state index contributed by atoms with van der Waals surface area (Å²) in [5.41, 5.74) is 6.83. The summed E-state index contributed by atoms with van der Waals surface area (Å²) in [5.74, 6) is 0.397. The van der Waals surface area contributed by atoms with Gasteiger partial charge in [-0.1, -0.05) is 24.3 Å². The first-order chi connectivity index (χ1) is 10.5. The van der Waals surface area contributed by atoms with Gasteiger partial charge in [0, 0.05) is 6.42 Å². The maximum Gasteiger partial charge on any atom is 0.276 e. The predicted molar refractivity (Wildman–Crippen MR) is 84.2 cm³/mol. The van der Waals surface area contributed by atoms with Crippen LogP contribution in [0.4, 0.5) is 0 Å². The summed E-state index contributed by atoms with van der Waals surface area (Å²) in [6.07, 6.45) is 6.54. The zero-order valence-corrected chi connectivity index (χ0v) is 13.0. The van der Waals surface area contributed by atoms with Crippen molar-refractivity contribution in [2.45, 2.75) is 33.1 Å². The molecule has 0 heterocycles. The van der Waals surface area contributed by atoms with Crippen LogP contribution in [-0.2, 0) is 9.59 Å². The summed E-state index contributed by atoms with van der Waals surface area (Å²) in [6, 6.07) is 5.81. The van der Waals surface area contributed by atoms with Crippen LogP contribution in [0.2, 0.25) is 0 Å². The van der Waals surface area contributed by atoms with Crippen molar-refractivity contribution in [1.29, 1.82) is 0 Å². The number of ether oxygens (including phenoxy) is 1. The van der Waals surface area contributed by atoms with Crippen molar-refractivity contribution in [2.24, 2.45) is 5.92 Å². The summed E-state index contributed by atoms with van der Waals surface area (Å²) >= 11 is 0. The zero-order valence-electron chi connectivity index (χ0n) is 13.0. The van der Waals surface area contributed by atoms with E-state index < -0.39 is 0 Å². The number of hydrogen-bond acceptors (Lipinski definition) is 3. The Kier molecular flexibility index (Phi) is 5.58. The minimum Gasteiger partial charge on any atom is -0.483 e. The van der Waals surface area contributed by atoms with Crippen molar-refractivity contribution in [3.05, 3.63) is 41.5 Å². The van der Waals surface area contributed by atoms with E-state index in [0.29, 0.717) is 12.2 Å². The monoisotopic (exact) mass is 302 g/mol. The molecule has 0 aliphatic heterocycles. The van der Waals surface area contributed by atoms with Gasteiger partial charge in [0.25, 0.3) is 5.91 Å². The van der Waals surface area contributed by atoms with Crippen molar-refractivity contribution in [2.75, 3.05) is 6.61 Å². The Morgan fingerprint density at radius 2 is 2.00 bits per heavy atom. The van der Waals surface area contributed by atoms with Crippen molar-refractivity contribution in [3.63, 3.8) is 0 Å². The fourth-order valence-corrected chi connectivity index (χ4v) is 2.34. The fourth-order valence-electron chi connectivity index (χ4n) is 2.34. The second-order valence-electron chi connectivity index (χ2n) is 5.62. The molecule has 2 rings (SSSR count). The van der Waals surface area contributed by atoms with E-state index in [0.717, 1.165) is 24.0 Å². The molecule has 5 heteroatoms. The molecule has 22 heavy (non-hydrogen) atoms. The van der Waals surface area contributed by atoms with Crippen molar-refractivity contribution >= 4 is 11.8 Å². The summed E-state index contributed by atoms with van der Waals surface area (Å²) in [5, 5.41) is 0. The third-order valence-electron chi connectivity index (χ3n) is 3.60. The number of carbonyl (C=O) groups is 2. The fraction of sp³-hybridized carbons (Fsp3) is 0.412. The Labute approximate surface area is 130 Å². The molecule has 0 saturated carbocycles. The first kappa shape index (κ1) is 16.1. The summed E-state index contributed by atoms with van der Waals surface area (Å²) < 4.78 is 5.47. The normalized spacial score (nSPS) is 16.4. The average Bonchev–Trinajstić information content (AvgIpc) is 2.99. The van der Waals surface area contributed by atoms with E-state index in [-0.39, 0.29) is 24.3 Å². The number of nitrogens with one attached hydrogen (secondary N) is 2.